The molecule has 0 saturated carbocycles. The highest BCUT2D eigenvalue weighted by Gasteiger charge is 2.37. The SMILES string of the molecule is COC(=O)C1=C(C)N(CC(C)C)C(=O)N[C@H]1c1ccccc1OC(F)F. The number of rotatable bonds is 6. The Bertz CT molecular complexity index is 719. The number of hydrogen-bond donors (Lipinski definition) is 1. The van der Waals surface area contributed by atoms with Crippen molar-refractivity contribution in [3.05, 3.63) is 41.1 Å². The summed E-state index contributed by atoms with van der Waals surface area (Å²) >= 11 is 0. The van der Waals surface area contributed by atoms with E-state index in [-0.39, 0.29) is 22.8 Å². The Morgan fingerprint density at radius 1 is 1.31 bits per heavy atom. The van der Waals surface area contributed by atoms with Gasteiger partial charge in [-0.15, -0.1) is 0 Å². The lowest BCUT2D eigenvalue weighted by Crippen LogP contribution is -2.49. The molecule has 1 aliphatic rings. The van der Waals surface area contributed by atoms with E-state index >= 15 is 0 Å². The van der Waals surface area contributed by atoms with Crippen molar-refractivity contribution in [2.45, 2.75) is 33.4 Å². The molecule has 0 bridgehead atoms. The van der Waals surface area contributed by atoms with Gasteiger partial charge in [-0.25, -0.2) is 9.59 Å². The first-order valence-corrected chi connectivity index (χ1v) is 8.17. The molecule has 1 aromatic carbocycles. The van der Waals surface area contributed by atoms with Gasteiger partial charge in [-0.1, -0.05) is 32.0 Å². The van der Waals surface area contributed by atoms with Crippen LogP contribution in [0.2, 0.25) is 0 Å². The minimum Gasteiger partial charge on any atom is -0.466 e. The number of halogens is 2. The number of nitrogens with zero attached hydrogens (tertiary/aromatic N) is 1. The number of methoxy groups -OCH3 is 1. The van der Waals surface area contributed by atoms with Gasteiger partial charge in [-0.05, 0) is 18.9 Å². The number of urea groups is 1. The molecule has 0 spiro atoms. The molecule has 2 amide bonds. The highest BCUT2D eigenvalue weighted by Crippen LogP contribution is 2.36. The fourth-order valence-electron chi connectivity index (χ4n) is 2.90. The van der Waals surface area contributed by atoms with E-state index in [1.165, 1.54) is 30.2 Å². The molecule has 1 atom stereocenters. The zero-order valence-electron chi connectivity index (χ0n) is 15.1. The third kappa shape index (κ3) is 4.12. The predicted molar refractivity (Wildman–Crippen MR) is 90.6 cm³/mol. The molecule has 0 fully saturated rings. The first-order chi connectivity index (χ1) is 12.3. The Balaban J connectivity index is 2.56. The van der Waals surface area contributed by atoms with Crippen molar-refractivity contribution in [2.75, 3.05) is 13.7 Å². The van der Waals surface area contributed by atoms with E-state index in [1.54, 1.807) is 13.0 Å². The van der Waals surface area contributed by atoms with Gasteiger partial charge in [0.15, 0.2) is 0 Å². The summed E-state index contributed by atoms with van der Waals surface area (Å²) in [5, 5.41) is 2.70. The molecule has 0 radical (unpaired) electrons. The summed E-state index contributed by atoms with van der Waals surface area (Å²) in [5.41, 5.74) is 0.856. The fraction of sp³-hybridized carbons (Fsp3) is 0.444. The predicted octanol–water partition coefficient (Wildman–Crippen LogP) is 3.46. The van der Waals surface area contributed by atoms with E-state index in [4.69, 9.17) is 4.74 Å². The quantitative estimate of drug-likeness (QED) is 0.781. The summed E-state index contributed by atoms with van der Waals surface area (Å²) in [6.45, 7) is 2.89. The van der Waals surface area contributed by atoms with Gasteiger partial charge in [0.2, 0.25) is 0 Å². The Morgan fingerprint density at radius 3 is 2.54 bits per heavy atom. The molecule has 6 nitrogen and oxygen atoms in total. The van der Waals surface area contributed by atoms with E-state index in [2.05, 4.69) is 10.1 Å². The second-order valence-corrected chi connectivity index (χ2v) is 6.29. The van der Waals surface area contributed by atoms with Crippen molar-refractivity contribution in [1.82, 2.24) is 10.2 Å². The molecule has 1 aromatic rings. The maximum absolute atomic E-state index is 12.7. The van der Waals surface area contributed by atoms with E-state index in [1.807, 2.05) is 13.8 Å². The number of benzene rings is 1. The van der Waals surface area contributed by atoms with Crippen LogP contribution in [0.1, 0.15) is 32.4 Å². The minimum absolute atomic E-state index is 0.112. The first kappa shape index (κ1) is 19.7. The largest absolute Gasteiger partial charge is 0.466 e. The maximum Gasteiger partial charge on any atom is 0.387 e. The standard InChI is InChI=1S/C18H22F2N2O4/c1-10(2)9-22-11(3)14(16(23)25-4)15(21-18(22)24)12-7-5-6-8-13(12)26-17(19)20/h5-8,10,15,17H,9H2,1-4H3,(H,21,24)/t15-/m0/s1. The molecular weight excluding hydrogens is 346 g/mol. The monoisotopic (exact) mass is 368 g/mol. The Hall–Kier alpha value is -2.64. The lowest BCUT2D eigenvalue weighted by Gasteiger charge is -2.36. The lowest BCUT2D eigenvalue weighted by molar-refractivity contribution is -0.136. The van der Waals surface area contributed by atoms with Crippen LogP contribution < -0.4 is 10.1 Å². The summed E-state index contributed by atoms with van der Waals surface area (Å²) in [5.74, 6) is -0.590. The summed E-state index contributed by atoms with van der Waals surface area (Å²) in [7, 11) is 1.23. The molecule has 1 N–H and O–H groups in total. The van der Waals surface area contributed by atoms with Crippen molar-refractivity contribution in [2.24, 2.45) is 5.92 Å². The van der Waals surface area contributed by atoms with E-state index in [0.29, 0.717) is 12.2 Å². The molecule has 0 saturated heterocycles. The molecule has 0 aliphatic carbocycles. The van der Waals surface area contributed by atoms with Gasteiger partial charge in [0.05, 0.1) is 18.7 Å². The van der Waals surface area contributed by atoms with Crippen LogP contribution in [0.3, 0.4) is 0 Å². The average molecular weight is 368 g/mol. The van der Waals surface area contributed by atoms with Crippen LogP contribution in [0.15, 0.2) is 35.5 Å². The Morgan fingerprint density at radius 2 is 1.96 bits per heavy atom. The number of alkyl halides is 2. The van der Waals surface area contributed by atoms with Crippen LogP contribution in [-0.2, 0) is 9.53 Å². The van der Waals surface area contributed by atoms with E-state index in [0.717, 1.165) is 0 Å². The minimum atomic E-state index is -3.03. The summed E-state index contributed by atoms with van der Waals surface area (Å²) in [4.78, 5) is 26.4. The number of amides is 2. The number of esters is 1. The van der Waals surface area contributed by atoms with Crippen LogP contribution in [-0.4, -0.2) is 37.2 Å². The number of para-hydroxylation sites is 1. The first-order valence-electron chi connectivity index (χ1n) is 8.17. The van der Waals surface area contributed by atoms with Crippen molar-refractivity contribution in [3.8, 4) is 5.75 Å². The van der Waals surface area contributed by atoms with Crippen LogP contribution in [0.25, 0.3) is 0 Å². The highest BCUT2D eigenvalue weighted by molar-refractivity contribution is 5.95. The van der Waals surface area contributed by atoms with Crippen molar-refractivity contribution in [3.63, 3.8) is 0 Å². The number of ether oxygens (including phenoxy) is 2. The smallest absolute Gasteiger partial charge is 0.387 e. The number of carbonyl (C=O) groups excluding carboxylic acids is 2. The molecule has 0 aromatic heterocycles. The summed E-state index contributed by atoms with van der Waals surface area (Å²) in [6, 6.07) is 4.67. The van der Waals surface area contributed by atoms with Gasteiger partial charge in [0.25, 0.3) is 0 Å². The second kappa shape index (κ2) is 8.16. The number of hydrogen-bond acceptors (Lipinski definition) is 4. The second-order valence-electron chi connectivity index (χ2n) is 6.29. The van der Waals surface area contributed by atoms with Gasteiger partial charge in [-0.3, -0.25) is 4.90 Å². The average Bonchev–Trinajstić information content (AvgIpc) is 2.57. The third-order valence-corrected chi connectivity index (χ3v) is 4.00. The topological polar surface area (TPSA) is 67.9 Å². The number of carbonyl (C=O) groups is 2. The van der Waals surface area contributed by atoms with Crippen LogP contribution in [0.5, 0.6) is 5.75 Å². The van der Waals surface area contributed by atoms with Gasteiger partial charge >= 0.3 is 18.6 Å². The van der Waals surface area contributed by atoms with Crippen LogP contribution in [0, 0.1) is 5.92 Å². The normalized spacial score (nSPS) is 17.6. The lowest BCUT2D eigenvalue weighted by atomic mass is 9.94. The molecule has 8 heteroatoms. The van der Waals surface area contributed by atoms with Gasteiger partial charge in [0, 0.05) is 17.8 Å². The molecule has 2 rings (SSSR count). The molecular formula is C18H22F2N2O4. The molecule has 0 unspecified atom stereocenters. The van der Waals surface area contributed by atoms with Gasteiger partial charge < -0.3 is 14.8 Å². The van der Waals surface area contributed by atoms with Crippen molar-refractivity contribution < 1.29 is 27.8 Å². The van der Waals surface area contributed by atoms with Gasteiger partial charge in [0.1, 0.15) is 5.75 Å². The molecule has 1 aliphatic heterocycles. The van der Waals surface area contributed by atoms with Crippen LogP contribution >= 0.6 is 0 Å². The zero-order valence-corrected chi connectivity index (χ0v) is 15.1. The van der Waals surface area contributed by atoms with Crippen molar-refractivity contribution >= 4 is 12.0 Å². The molecule has 1 heterocycles. The van der Waals surface area contributed by atoms with E-state index < -0.39 is 24.7 Å². The molecule has 26 heavy (non-hydrogen) atoms. The highest BCUT2D eigenvalue weighted by atomic mass is 19.3. The number of nitrogens with one attached hydrogen (secondary N) is 1. The van der Waals surface area contributed by atoms with Crippen LogP contribution in [0.4, 0.5) is 13.6 Å². The Labute approximate surface area is 150 Å². The molecule has 142 valence electrons. The summed E-state index contributed by atoms with van der Waals surface area (Å²) < 4.78 is 34.9. The fourth-order valence-corrected chi connectivity index (χ4v) is 2.90. The number of allylic oxidation sites excluding steroid dienone is 1. The zero-order chi connectivity index (χ0) is 19.4. The van der Waals surface area contributed by atoms with Crippen molar-refractivity contribution in [1.29, 1.82) is 0 Å². The van der Waals surface area contributed by atoms with E-state index in [9.17, 15) is 18.4 Å². The van der Waals surface area contributed by atoms with Gasteiger partial charge in [-0.2, -0.15) is 8.78 Å². The Kier molecular flexibility index (Phi) is 6.18. The summed E-state index contributed by atoms with van der Waals surface area (Å²) in [6.07, 6.45) is 0. The third-order valence-electron chi connectivity index (χ3n) is 4.00. The maximum atomic E-state index is 12.7.